The van der Waals surface area contributed by atoms with Crippen LogP contribution in [0.3, 0.4) is 0 Å². The van der Waals surface area contributed by atoms with Crippen molar-refractivity contribution in [1.82, 2.24) is 0 Å². The van der Waals surface area contributed by atoms with Gasteiger partial charge in [0.05, 0.1) is 26.4 Å². The Labute approximate surface area is 391 Å². The molecule has 0 aliphatic carbocycles. The van der Waals surface area contributed by atoms with E-state index in [1.165, 1.54) is 83.5 Å². The highest BCUT2D eigenvalue weighted by molar-refractivity contribution is 5.69. The van der Waals surface area contributed by atoms with Crippen molar-refractivity contribution in [2.75, 3.05) is 33.0 Å². The van der Waals surface area contributed by atoms with Crippen LogP contribution in [0.1, 0.15) is 168 Å². The number of hydrogen-bond acceptors (Lipinski definition) is 14. The van der Waals surface area contributed by atoms with Gasteiger partial charge >= 0.3 is 5.97 Å². The maximum atomic E-state index is 13.0. The van der Waals surface area contributed by atoms with Crippen molar-refractivity contribution in [2.45, 2.75) is 235 Å². The van der Waals surface area contributed by atoms with Crippen LogP contribution in [0.25, 0.3) is 0 Å². The lowest BCUT2D eigenvalue weighted by atomic mass is 9.98. The quantitative estimate of drug-likeness (QED) is 0.0185. The first-order chi connectivity index (χ1) is 31.6. The van der Waals surface area contributed by atoms with Crippen molar-refractivity contribution in [3.05, 3.63) is 48.6 Å². The van der Waals surface area contributed by atoms with Gasteiger partial charge in [-0.1, -0.05) is 140 Å². The standard InChI is InChI=1S/C51H90O14/c1-3-5-7-9-11-13-15-17-18-19-20-21-23-25-27-29-31-33-35-60-37-40(63-43(53)34-32-30-28-26-24-22-16-14-12-10-8-6-4-2)38-61-50-49(59)47(57)45(55)42(65-50)39-62-51-48(58)46(56)44(54)41(36-52)64-51/h6,8,12,14,17-18,22,24,40-42,44-52,54-59H,3-5,7,9-11,13,15-16,19-21,23,25-39H2,1-2H3/b8-6-,14-12-,18-17-,24-22-. The minimum Gasteiger partial charge on any atom is -0.457 e. The van der Waals surface area contributed by atoms with Crippen LogP contribution in [0.15, 0.2) is 48.6 Å². The molecule has 0 aromatic heterocycles. The van der Waals surface area contributed by atoms with Gasteiger partial charge in [0.25, 0.3) is 0 Å². The molecule has 14 heteroatoms. The molecule has 11 atom stereocenters. The van der Waals surface area contributed by atoms with Gasteiger partial charge in [0.2, 0.25) is 0 Å². The van der Waals surface area contributed by atoms with Crippen LogP contribution in [0.4, 0.5) is 0 Å². The van der Waals surface area contributed by atoms with Gasteiger partial charge in [-0.2, -0.15) is 0 Å². The normalized spacial score (nSPS) is 26.9. The molecular weight excluding hydrogens is 837 g/mol. The summed E-state index contributed by atoms with van der Waals surface area (Å²) in [5, 5.41) is 72.1. The van der Waals surface area contributed by atoms with Crippen molar-refractivity contribution in [3.8, 4) is 0 Å². The van der Waals surface area contributed by atoms with Crippen LogP contribution in [0.2, 0.25) is 0 Å². The Balaban J connectivity index is 1.78. The summed E-state index contributed by atoms with van der Waals surface area (Å²) in [6, 6.07) is 0. The molecule has 378 valence electrons. The highest BCUT2D eigenvalue weighted by atomic mass is 16.7. The predicted molar refractivity (Wildman–Crippen MR) is 252 cm³/mol. The highest BCUT2D eigenvalue weighted by Gasteiger charge is 2.47. The lowest BCUT2D eigenvalue weighted by Crippen LogP contribution is -2.61. The van der Waals surface area contributed by atoms with E-state index in [9.17, 15) is 40.5 Å². The Morgan fingerprint density at radius 2 is 1.00 bits per heavy atom. The molecule has 7 N–H and O–H groups in total. The number of esters is 1. The average molecular weight is 927 g/mol. The Morgan fingerprint density at radius 1 is 0.523 bits per heavy atom. The van der Waals surface area contributed by atoms with E-state index >= 15 is 0 Å². The summed E-state index contributed by atoms with van der Waals surface area (Å²) >= 11 is 0. The highest BCUT2D eigenvalue weighted by Crippen LogP contribution is 2.26. The van der Waals surface area contributed by atoms with E-state index in [0.29, 0.717) is 13.0 Å². The average Bonchev–Trinajstić information content (AvgIpc) is 3.30. The molecule has 11 unspecified atom stereocenters. The molecule has 0 amide bonds. The Morgan fingerprint density at radius 3 is 1.58 bits per heavy atom. The number of aliphatic hydroxyl groups is 7. The van der Waals surface area contributed by atoms with Gasteiger partial charge in [0, 0.05) is 13.0 Å². The zero-order valence-electron chi connectivity index (χ0n) is 40.0. The monoisotopic (exact) mass is 927 g/mol. The Kier molecular flexibility index (Phi) is 35.3. The van der Waals surface area contributed by atoms with Crippen molar-refractivity contribution in [3.63, 3.8) is 0 Å². The van der Waals surface area contributed by atoms with Crippen molar-refractivity contribution in [1.29, 1.82) is 0 Å². The summed E-state index contributed by atoms with van der Waals surface area (Å²) in [4.78, 5) is 13.0. The molecule has 65 heavy (non-hydrogen) atoms. The van der Waals surface area contributed by atoms with Gasteiger partial charge in [-0.3, -0.25) is 4.79 Å². The second-order valence-corrected chi connectivity index (χ2v) is 17.6. The molecule has 14 nitrogen and oxygen atoms in total. The zero-order valence-corrected chi connectivity index (χ0v) is 40.0. The number of unbranched alkanes of at least 4 members (excludes halogenated alkanes) is 17. The van der Waals surface area contributed by atoms with Gasteiger partial charge in [0.1, 0.15) is 54.9 Å². The maximum absolute atomic E-state index is 13.0. The van der Waals surface area contributed by atoms with E-state index in [1.807, 2.05) is 0 Å². The van der Waals surface area contributed by atoms with E-state index in [0.717, 1.165) is 57.8 Å². The number of rotatable bonds is 39. The third-order valence-corrected chi connectivity index (χ3v) is 11.8. The van der Waals surface area contributed by atoms with E-state index < -0.39 is 86.7 Å². The number of carbonyl (C=O) groups is 1. The summed E-state index contributed by atoms with van der Waals surface area (Å²) in [7, 11) is 0. The van der Waals surface area contributed by atoms with E-state index in [4.69, 9.17) is 28.4 Å². The molecule has 2 saturated heterocycles. The summed E-state index contributed by atoms with van der Waals surface area (Å²) in [5.74, 6) is -0.407. The first-order valence-electron chi connectivity index (χ1n) is 25.2. The van der Waals surface area contributed by atoms with Gasteiger partial charge in [-0.15, -0.1) is 0 Å². The molecule has 0 bridgehead atoms. The molecule has 0 aromatic rings. The minimum absolute atomic E-state index is 0.0465. The van der Waals surface area contributed by atoms with Crippen LogP contribution < -0.4 is 0 Å². The largest absolute Gasteiger partial charge is 0.457 e. The number of carbonyl (C=O) groups excluding carboxylic acids is 1. The van der Waals surface area contributed by atoms with Gasteiger partial charge in [0.15, 0.2) is 12.6 Å². The van der Waals surface area contributed by atoms with Gasteiger partial charge in [-0.25, -0.2) is 0 Å². The third kappa shape index (κ3) is 26.9. The van der Waals surface area contributed by atoms with E-state index in [-0.39, 0.29) is 19.6 Å². The second-order valence-electron chi connectivity index (χ2n) is 17.6. The molecule has 2 aliphatic heterocycles. The number of aliphatic hydroxyl groups excluding tert-OH is 7. The molecule has 2 heterocycles. The molecule has 0 saturated carbocycles. The second kappa shape index (κ2) is 38.9. The first kappa shape index (κ1) is 59.1. The smallest absolute Gasteiger partial charge is 0.306 e. The fourth-order valence-electron chi connectivity index (χ4n) is 7.70. The maximum Gasteiger partial charge on any atom is 0.306 e. The lowest BCUT2D eigenvalue weighted by Gasteiger charge is -2.42. The minimum atomic E-state index is -1.71. The number of ether oxygens (including phenoxy) is 6. The summed E-state index contributed by atoms with van der Waals surface area (Å²) in [6.45, 7) is 3.51. The van der Waals surface area contributed by atoms with E-state index in [1.54, 1.807) is 0 Å². The van der Waals surface area contributed by atoms with Crippen LogP contribution in [-0.2, 0) is 33.2 Å². The van der Waals surface area contributed by atoms with Gasteiger partial charge in [-0.05, 0) is 70.6 Å². The molecule has 2 aliphatic rings. The number of hydrogen-bond donors (Lipinski definition) is 7. The molecule has 0 aromatic carbocycles. The van der Waals surface area contributed by atoms with E-state index in [2.05, 4.69) is 62.5 Å². The summed E-state index contributed by atoms with van der Waals surface area (Å²) < 4.78 is 34.2. The fraction of sp³-hybridized carbons (Fsp3) is 0.824. The SMILES string of the molecule is CC/C=C\C/C=C\C/C=C\CCCCCC(=O)OC(COCCCCCCCCCC/C=C\CCCCCCCC)COC1OC(COC2OC(CO)C(O)C(O)C2O)C(O)C(O)C1O. The number of allylic oxidation sites excluding steroid dienone is 8. The molecular formula is C51H90O14. The molecule has 2 fully saturated rings. The van der Waals surface area contributed by atoms with Crippen molar-refractivity contribution < 1.29 is 69.0 Å². The molecule has 0 radical (unpaired) electrons. The topological polar surface area (TPSA) is 214 Å². The van der Waals surface area contributed by atoms with Crippen molar-refractivity contribution in [2.24, 2.45) is 0 Å². The fourth-order valence-corrected chi connectivity index (χ4v) is 7.70. The zero-order chi connectivity index (χ0) is 47.3. The summed E-state index contributed by atoms with van der Waals surface area (Å²) in [5.41, 5.74) is 0. The molecule has 2 rings (SSSR count). The van der Waals surface area contributed by atoms with Crippen LogP contribution in [0.5, 0.6) is 0 Å². The van der Waals surface area contributed by atoms with Crippen molar-refractivity contribution >= 4 is 5.97 Å². The summed E-state index contributed by atoms with van der Waals surface area (Å²) in [6.07, 6.45) is 27.5. The third-order valence-electron chi connectivity index (χ3n) is 11.8. The molecule has 0 spiro atoms. The van der Waals surface area contributed by atoms with Crippen LogP contribution in [-0.4, -0.2) is 142 Å². The Hall–Kier alpha value is -2.05. The Bertz CT molecular complexity index is 1260. The van der Waals surface area contributed by atoms with Crippen LogP contribution >= 0.6 is 0 Å². The first-order valence-corrected chi connectivity index (χ1v) is 25.2. The lowest BCUT2D eigenvalue weighted by molar-refractivity contribution is -0.332. The van der Waals surface area contributed by atoms with Gasteiger partial charge < -0.3 is 64.2 Å². The predicted octanol–water partition coefficient (Wildman–Crippen LogP) is 7.18. The van der Waals surface area contributed by atoms with Crippen LogP contribution in [0, 0.1) is 0 Å².